The smallest absolute Gasteiger partial charge is 0.250 e. The first-order chi connectivity index (χ1) is 17.9. The van der Waals surface area contributed by atoms with Gasteiger partial charge in [0.25, 0.3) is 0 Å². The van der Waals surface area contributed by atoms with Gasteiger partial charge in [0.1, 0.15) is 5.54 Å². The lowest BCUT2D eigenvalue weighted by molar-refractivity contribution is -0.145. The maximum atomic E-state index is 13.8. The highest BCUT2D eigenvalue weighted by Gasteiger charge is 2.41. The van der Waals surface area contributed by atoms with E-state index in [2.05, 4.69) is 10.2 Å². The highest BCUT2D eigenvalue weighted by Crippen LogP contribution is 2.27. The van der Waals surface area contributed by atoms with Crippen LogP contribution in [-0.2, 0) is 27.3 Å². The highest BCUT2D eigenvalue weighted by atomic mass is 16.5. The van der Waals surface area contributed by atoms with E-state index in [0.717, 1.165) is 48.7 Å². The fourth-order valence-electron chi connectivity index (χ4n) is 4.68. The molecule has 6 heteroatoms. The van der Waals surface area contributed by atoms with Gasteiger partial charge in [-0.3, -0.25) is 9.59 Å². The van der Waals surface area contributed by atoms with Crippen molar-refractivity contribution in [3.05, 3.63) is 95.6 Å². The van der Waals surface area contributed by atoms with E-state index in [-0.39, 0.29) is 18.2 Å². The molecule has 1 aliphatic rings. The number of aryl methyl sites for hydroxylation is 1. The van der Waals surface area contributed by atoms with E-state index in [1.165, 1.54) is 0 Å². The molecular weight excluding hydrogens is 462 g/mol. The van der Waals surface area contributed by atoms with Crippen LogP contribution in [0, 0.1) is 6.92 Å². The number of carbonyl (C=O) groups is 2. The third-order valence-electron chi connectivity index (χ3n) is 7.36. The van der Waals surface area contributed by atoms with Gasteiger partial charge in [-0.25, -0.2) is 0 Å². The molecule has 1 aliphatic heterocycles. The van der Waals surface area contributed by atoms with E-state index >= 15 is 0 Å². The molecule has 0 aromatic heterocycles. The molecule has 0 radical (unpaired) electrons. The minimum atomic E-state index is -1.03. The van der Waals surface area contributed by atoms with Gasteiger partial charge < -0.3 is 19.9 Å². The van der Waals surface area contributed by atoms with Gasteiger partial charge in [-0.15, -0.1) is 0 Å². The molecule has 0 bridgehead atoms. The molecule has 1 saturated heterocycles. The van der Waals surface area contributed by atoms with E-state index in [0.29, 0.717) is 18.7 Å². The minimum Gasteiger partial charge on any atom is -0.378 e. The summed E-state index contributed by atoms with van der Waals surface area (Å²) >= 11 is 0. The fourth-order valence-corrected chi connectivity index (χ4v) is 4.68. The maximum Gasteiger partial charge on any atom is 0.250 e. The van der Waals surface area contributed by atoms with Gasteiger partial charge in [-0.1, -0.05) is 61.5 Å². The number of nitrogens with one attached hydrogen (secondary N) is 1. The maximum absolute atomic E-state index is 13.8. The van der Waals surface area contributed by atoms with E-state index < -0.39 is 5.54 Å². The molecule has 37 heavy (non-hydrogen) atoms. The average molecular weight is 500 g/mol. The van der Waals surface area contributed by atoms with Gasteiger partial charge in [-0.05, 0) is 61.2 Å². The number of rotatable bonds is 9. The predicted molar refractivity (Wildman–Crippen MR) is 149 cm³/mol. The number of morpholine rings is 1. The van der Waals surface area contributed by atoms with Gasteiger partial charge in [0.15, 0.2) is 0 Å². The Morgan fingerprint density at radius 1 is 0.946 bits per heavy atom. The van der Waals surface area contributed by atoms with E-state index in [1.54, 1.807) is 4.90 Å². The van der Waals surface area contributed by atoms with Crippen LogP contribution in [0.2, 0.25) is 0 Å². The van der Waals surface area contributed by atoms with Crippen LogP contribution in [0.5, 0.6) is 0 Å². The lowest BCUT2D eigenvalue weighted by Gasteiger charge is -2.40. The van der Waals surface area contributed by atoms with Gasteiger partial charge >= 0.3 is 0 Å². The first-order valence-electron chi connectivity index (χ1n) is 13.0. The molecule has 3 aromatic carbocycles. The molecule has 1 fully saturated rings. The number of ether oxygens (including phenoxy) is 1. The molecule has 2 amide bonds. The minimum absolute atomic E-state index is 0.0726. The van der Waals surface area contributed by atoms with Crippen molar-refractivity contribution in [2.24, 2.45) is 0 Å². The first kappa shape index (κ1) is 26.4. The Labute approximate surface area is 220 Å². The molecule has 4 rings (SSSR count). The second-order valence-electron chi connectivity index (χ2n) is 9.80. The van der Waals surface area contributed by atoms with Crippen molar-refractivity contribution < 1.29 is 14.3 Å². The Morgan fingerprint density at radius 3 is 2.24 bits per heavy atom. The number of amides is 2. The van der Waals surface area contributed by atoms with E-state index in [1.807, 2.05) is 99.6 Å². The Morgan fingerprint density at radius 2 is 1.59 bits per heavy atom. The predicted octanol–water partition coefficient (Wildman–Crippen LogP) is 5.21. The topological polar surface area (TPSA) is 61.9 Å². The summed E-state index contributed by atoms with van der Waals surface area (Å²) in [6.07, 6.45) is 0.723. The second kappa shape index (κ2) is 12.1. The van der Waals surface area contributed by atoms with Crippen molar-refractivity contribution in [1.82, 2.24) is 4.90 Å². The quantitative estimate of drug-likeness (QED) is 0.439. The van der Waals surface area contributed by atoms with Crippen LogP contribution in [0.4, 0.5) is 11.4 Å². The normalized spacial score (nSPS) is 15.1. The van der Waals surface area contributed by atoms with E-state index in [9.17, 15) is 9.59 Å². The highest BCUT2D eigenvalue weighted by molar-refractivity contribution is 6.00. The summed E-state index contributed by atoms with van der Waals surface area (Å²) in [4.78, 5) is 31.6. The van der Waals surface area contributed by atoms with Crippen molar-refractivity contribution in [1.29, 1.82) is 0 Å². The number of carbonyl (C=O) groups excluding carboxylic acids is 2. The molecule has 194 valence electrons. The molecule has 1 atom stereocenters. The van der Waals surface area contributed by atoms with Crippen LogP contribution in [0.25, 0.3) is 0 Å². The van der Waals surface area contributed by atoms with Gasteiger partial charge in [-0.2, -0.15) is 0 Å². The lowest BCUT2D eigenvalue weighted by Crippen LogP contribution is -2.56. The number of anilines is 2. The molecule has 3 aromatic rings. The summed E-state index contributed by atoms with van der Waals surface area (Å²) in [5.74, 6) is -0.263. The van der Waals surface area contributed by atoms with Crippen LogP contribution < -0.4 is 10.2 Å². The number of benzene rings is 3. The molecule has 1 unspecified atom stereocenters. The van der Waals surface area contributed by atoms with Crippen molar-refractivity contribution in [3.63, 3.8) is 0 Å². The van der Waals surface area contributed by atoms with Crippen molar-refractivity contribution in [2.75, 3.05) is 36.5 Å². The Balaban J connectivity index is 1.57. The summed E-state index contributed by atoms with van der Waals surface area (Å²) in [7, 11) is 0. The first-order valence-corrected chi connectivity index (χ1v) is 13.0. The third-order valence-corrected chi connectivity index (χ3v) is 7.36. The molecule has 0 saturated carbocycles. The third kappa shape index (κ3) is 6.38. The van der Waals surface area contributed by atoms with Crippen LogP contribution in [0.3, 0.4) is 0 Å². The lowest BCUT2D eigenvalue weighted by atomic mass is 9.92. The van der Waals surface area contributed by atoms with E-state index in [4.69, 9.17) is 4.74 Å². The fraction of sp³-hybridized carbons (Fsp3) is 0.355. The summed E-state index contributed by atoms with van der Waals surface area (Å²) < 4.78 is 5.45. The zero-order chi connectivity index (χ0) is 26.3. The Hall–Kier alpha value is -3.64. The average Bonchev–Trinajstić information content (AvgIpc) is 2.93. The monoisotopic (exact) mass is 499 g/mol. The molecular formula is C31H37N3O3. The summed E-state index contributed by atoms with van der Waals surface area (Å²) in [6.45, 7) is 9.39. The Kier molecular flexibility index (Phi) is 8.62. The second-order valence-corrected chi connectivity index (χ2v) is 9.80. The molecule has 0 spiro atoms. The van der Waals surface area contributed by atoms with Crippen molar-refractivity contribution in [3.8, 4) is 0 Å². The SMILES string of the molecule is CCC(C)(C(=O)Nc1ccc(N2CCOCC2)cc1)N(Cc1ccccc1C)C(=O)Cc1ccccc1. The van der Waals surface area contributed by atoms with Gasteiger partial charge in [0.05, 0.1) is 19.6 Å². The summed E-state index contributed by atoms with van der Waals surface area (Å²) in [5, 5.41) is 3.09. The van der Waals surface area contributed by atoms with Gasteiger partial charge in [0.2, 0.25) is 11.8 Å². The summed E-state index contributed by atoms with van der Waals surface area (Å²) in [6, 6.07) is 25.6. The number of hydrogen-bond acceptors (Lipinski definition) is 4. The van der Waals surface area contributed by atoms with Crippen LogP contribution in [0.15, 0.2) is 78.9 Å². The number of hydrogen-bond donors (Lipinski definition) is 1. The van der Waals surface area contributed by atoms with Crippen LogP contribution >= 0.6 is 0 Å². The van der Waals surface area contributed by atoms with Crippen molar-refractivity contribution >= 4 is 23.2 Å². The standard InChI is InChI=1S/C31H37N3O3/c1-4-31(3,30(36)32-27-14-16-28(17-15-27)33-18-20-37-21-19-33)34(23-26-13-9-8-10-24(26)2)29(35)22-25-11-6-5-7-12-25/h5-17H,4,18-23H2,1-3H3,(H,32,36). The molecule has 0 aliphatic carbocycles. The zero-order valence-electron chi connectivity index (χ0n) is 22.1. The van der Waals surface area contributed by atoms with Crippen LogP contribution in [-0.4, -0.2) is 48.6 Å². The molecule has 1 heterocycles. The molecule has 1 N–H and O–H groups in total. The molecule has 6 nitrogen and oxygen atoms in total. The number of nitrogens with zero attached hydrogens (tertiary/aromatic N) is 2. The largest absolute Gasteiger partial charge is 0.378 e. The van der Waals surface area contributed by atoms with Crippen molar-refractivity contribution in [2.45, 2.75) is 45.7 Å². The zero-order valence-corrected chi connectivity index (χ0v) is 22.1. The summed E-state index contributed by atoms with van der Waals surface area (Å²) in [5.41, 5.74) is 3.85. The Bertz CT molecular complexity index is 1190. The van der Waals surface area contributed by atoms with Crippen LogP contribution in [0.1, 0.15) is 37.0 Å². The van der Waals surface area contributed by atoms with Gasteiger partial charge in [0, 0.05) is 31.0 Å².